The first kappa shape index (κ1) is 24.5. The lowest BCUT2D eigenvalue weighted by Gasteiger charge is -2.47. The summed E-state index contributed by atoms with van der Waals surface area (Å²) in [6, 6.07) is 10.1. The summed E-state index contributed by atoms with van der Waals surface area (Å²) in [7, 11) is 0. The van der Waals surface area contributed by atoms with Crippen LogP contribution in [0, 0.1) is 6.92 Å². The normalized spacial score (nSPS) is 20.7. The van der Waals surface area contributed by atoms with Gasteiger partial charge < -0.3 is 9.64 Å². The van der Waals surface area contributed by atoms with Crippen LogP contribution in [0.2, 0.25) is 0 Å². The van der Waals surface area contributed by atoms with Crippen LogP contribution in [0.15, 0.2) is 42.0 Å². The summed E-state index contributed by atoms with van der Waals surface area (Å²) < 4.78 is 5.44. The van der Waals surface area contributed by atoms with Crippen molar-refractivity contribution in [2.45, 2.75) is 59.4 Å². The average molecular weight is 476 g/mol. The number of aryl methyl sites for hydroxylation is 1. The summed E-state index contributed by atoms with van der Waals surface area (Å²) in [4.78, 5) is 42.0. The van der Waals surface area contributed by atoms with Crippen LogP contribution in [0.5, 0.6) is 5.75 Å². The first-order valence-corrected chi connectivity index (χ1v) is 12.1. The fraction of sp³-hybridized carbons (Fsp3) is 0.393. The van der Waals surface area contributed by atoms with Crippen LogP contribution in [0.1, 0.15) is 63.6 Å². The van der Waals surface area contributed by atoms with Crippen molar-refractivity contribution in [2.75, 3.05) is 23.0 Å². The van der Waals surface area contributed by atoms with E-state index in [1.807, 2.05) is 13.8 Å². The van der Waals surface area contributed by atoms with Gasteiger partial charge in [-0.3, -0.25) is 14.9 Å². The minimum absolute atomic E-state index is 0.0470. The quantitative estimate of drug-likeness (QED) is 0.477. The molecule has 7 nitrogen and oxygen atoms in total. The van der Waals surface area contributed by atoms with Crippen molar-refractivity contribution in [3.63, 3.8) is 0 Å². The fourth-order valence-electron chi connectivity index (χ4n) is 5.31. The molecular formula is C28H33N3O4. The van der Waals surface area contributed by atoms with Crippen LogP contribution in [0.4, 0.5) is 16.2 Å². The number of nitrogens with one attached hydrogen (secondary N) is 1. The molecule has 2 aromatic rings. The number of barbiturate groups is 1. The van der Waals surface area contributed by atoms with Crippen molar-refractivity contribution < 1.29 is 19.1 Å². The Bertz CT molecular complexity index is 1210. The van der Waals surface area contributed by atoms with E-state index < -0.39 is 17.8 Å². The maximum atomic E-state index is 13.3. The van der Waals surface area contributed by atoms with Crippen molar-refractivity contribution in [1.29, 1.82) is 0 Å². The second-order valence-corrected chi connectivity index (χ2v) is 9.81. The largest absolute Gasteiger partial charge is 0.494 e. The first-order chi connectivity index (χ1) is 16.6. The summed E-state index contributed by atoms with van der Waals surface area (Å²) in [5.41, 5.74) is 4.50. The highest BCUT2D eigenvalue weighted by Gasteiger charge is 2.38. The molecule has 2 aromatic carbocycles. The van der Waals surface area contributed by atoms with Gasteiger partial charge in [0.15, 0.2) is 0 Å². The molecule has 1 N–H and O–H groups in total. The lowest BCUT2D eigenvalue weighted by Crippen LogP contribution is -2.54. The number of fused-ring (bicyclic) bond motifs is 1. The minimum Gasteiger partial charge on any atom is -0.494 e. The van der Waals surface area contributed by atoms with Gasteiger partial charge in [-0.2, -0.15) is 0 Å². The number of benzene rings is 2. The molecule has 0 saturated carbocycles. The number of carbonyl (C=O) groups excluding carboxylic acids is 3. The molecule has 2 aliphatic heterocycles. The third-order valence-corrected chi connectivity index (χ3v) is 6.90. The zero-order valence-corrected chi connectivity index (χ0v) is 21.3. The highest BCUT2D eigenvalue weighted by atomic mass is 16.5. The molecule has 2 aliphatic rings. The molecule has 4 rings (SSSR count). The summed E-state index contributed by atoms with van der Waals surface area (Å²) in [6.07, 6.45) is 2.61. The molecule has 0 spiro atoms. The van der Waals surface area contributed by atoms with Gasteiger partial charge in [-0.1, -0.05) is 6.92 Å². The Morgan fingerprint density at radius 3 is 2.43 bits per heavy atom. The van der Waals surface area contributed by atoms with E-state index in [0.717, 1.165) is 29.0 Å². The molecule has 1 fully saturated rings. The molecule has 35 heavy (non-hydrogen) atoms. The Morgan fingerprint density at radius 2 is 1.80 bits per heavy atom. The Labute approximate surface area is 206 Å². The molecule has 2 heterocycles. The van der Waals surface area contributed by atoms with E-state index in [4.69, 9.17) is 4.74 Å². The van der Waals surface area contributed by atoms with E-state index in [9.17, 15) is 14.4 Å². The predicted molar refractivity (Wildman–Crippen MR) is 138 cm³/mol. The molecule has 1 saturated heterocycles. The monoisotopic (exact) mass is 475 g/mol. The van der Waals surface area contributed by atoms with Crippen molar-refractivity contribution in [1.82, 2.24) is 5.32 Å². The summed E-state index contributed by atoms with van der Waals surface area (Å²) in [5, 5.41) is 2.31. The van der Waals surface area contributed by atoms with Crippen LogP contribution < -0.4 is 19.9 Å². The molecule has 184 valence electrons. The van der Waals surface area contributed by atoms with Gasteiger partial charge in [0.05, 0.1) is 12.3 Å². The van der Waals surface area contributed by atoms with Gasteiger partial charge >= 0.3 is 6.03 Å². The first-order valence-electron chi connectivity index (χ1n) is 12.1. The maximum Gasteiger partial charge on any atom is 0.335 e. The summed E-state index contributed by atoms with van der Waals surface area (Å²) in [5.74, 6) is -0.373. The number of imide groups is 2. The summed E-state index contributed by atoms with van der Waals surface area (Å²) >= 11 is 0. The molecular weight excluding hydrogens is 442 g/mol. The Hall–Kier alpha value is -3.61. The number of anilines is 2. The second kappa shape index (κ2) is 9.21. The average Bonchev–Trinajstić information content (AvgIpc) is 2.78. The number of urea groups is 1. The predicted octanol–water partition coefficient (Wildman–Crippen LogP) is 5.17. The lowest BCUT2D eigenvalue weighted by atomic mass is 9.79. The third kappa shape index (κ3) is 4.43. The smallest absolute Gasteiger partial charge is 0.335 e. The molecule has 0 aromatic heterocycles. The van der Waals surface area contributed by atoms with E-state index in [1.165, 1.54) is 11.3 Å². The topological polar surface area (TPSA) is 79.0 Å². The number of hydrogen-bond acceptors (Lipinski definition) is 5. The second-order valence-electron chi connectivity index (χ2n) is 9.81. The third-order valence-electron chi connectivity index (χ3n) is 6.90. The molecule has 0 bridgehead atoms. The van der Waals surface area contributed by atoms with Crippen molar-refractivity contribution in [3.05, 3.63) is 58.7 Å². The van der Waals surface area contributed by atoms with Crippen LogP contribution in [-0.4, -0.2) is 36.5 Å². The molecule has 1 unspecified atom stereocenters. The van der Waals surface area contributed by atoms with Gasteiger partial charge in [0.2, 0.25) is 0 Å². The zero-order chi connectivity index (χ0) is 25.5. The highest BCUT2D eigenvalue weighted by Crippen LogP contribution is 2.44. The fourth-order valence-corrected chi connectivity index (χ4v) is 5.31. The van der Waals surface area contributed by atoms with Crippen LogP contribution in [0.3, 0.4) is 0 Å². The molecule has 1 atom stereocenters. The molecule has 7 heteroatoms. The number of amides is 4. The van der Waals surface area contributed by atoms with Gasteiger partial charge in [0.1, 0.15) is 11.3 Å². The van der Waals surface area contributed by atoms with E-state index in [1.54, 1.807) is 30.3 Å². The number of ether oxygens (including phenoxy) is 1. The number of carbonyl (C=O) groups is 3. The standard InChI is InChI=1S/C28H33N3O4/c1-7-30-24-13-17(3)19(14-22(24)18(4)16-28(30,5)6)15-23-25(32)29-27(34)31(26(23)33)20-9-11-21(12-10-20)35-8-2/h9-15,18H,7-8,16H2,1-6H3,(H,29,32,34)/b23-15+. The maximum absolute atomic E-state index is 13.3. The number of hydrogen-bond donors (Lipinski definition) is 1. The van der Waals surface area contributed by atoms with Crippen molar-refractivity contribution in [3.8, 4) is 5.75 Å². The van der Waals surface area contributed by atoms with E-state index in [-0.39, 0.29) is 11.1 Å². The molecule has 4 amide bonds. The Morgan fingerprint density at radius 1 is 1.11 bits per heavy atom. The molecule has 0 aliphatic carbocycles. The highest BCUT2D eigenvalue weighted by molar-refractivity contribution is 6.39. The van der Waals surface area contributed by atoms with Gasteiger partial charge in [0, 0.05) is 17.8 Å². The van der Waals surface area contributed by atoms with Crippen LogP contribution in [0.25, 0.3) is 6.08 Å². The number of nitrogens with zero attached hydrogens (tertiary/aromatic N) is 2. The number of rotatable bonds is 5. The minimum atomic E-state index is -0.766. The van der Waals surface area contributed by atoms with Crippen molar-refractivity contribution in [2.24, 2.45) is 0 Å². The van der Waals surface area contributed by atoms with E-state index in [2.05, 4.69) is 50.0 Å². The van der Waals surface area contributed by atoms with Gasteiger partial charge in [-0.05, 0) is 106 Å². The van der Waals surface area contributed by atoms with Crippen LogP contribution >= 0.6 is 0 Å². The Kier molecular flexibility index (Phi) is 6.45. The lowest BCUT2D eigenvalue weighted by molar-refractivity contribution is -0.122. The van der Waals surface area contributed by atoms with Crippen molar-refractivity contribution >= 4 is 35.3 Å². The molecule has 0 radical (unpaired) electrons. The van der Waals surface area contributed by atoms with Gasteiger partial charge in [-0.25, -0.2) is 9.69 Å². The summed E-state index contributed by atoms with van der Waals surface area (Å²) in [6.45, 7) is 14.2. The zero-order valence-electron chi connectivity index (χ0n) is 21.3. The Balaban J connectivity index is 1.73. The van der Waals surface area contributed by atoms with E-state index >= 15 is 0 Å². The van der Waals surface area contributed by atoms with Gasteiger partial charge in [-0.15, -0.1) is 0 Å². The van der Waals surface area contributed by atoms with Gasteiger partial charge in [0.25, 0.3) is 11.8 Å². The van der Waals surface area contributed by atoms with Crippen LogP contribution in [-0.2, 0) is 9.59 Å². The SMILES string of the molecule is CCOc1ccc(N2C(=O)NC(=O)/C(=C\c3cc4c(cc3C)N(CC)C(C)(C)CC4C)C2=O)cc1. The van der Waals surface area contributed by atoms with E-state index in [0.29, 0.717) is 24.0 Å².